The van der Waals surface area contributed by atoms with Gasteiger partial charge in [0.15, 0.2) is 5.11 Å². The Balaban J connectivity index is 1.59. The van der Waals surface area contributed by atoms with Crippen molar-refractivity contribution in [1.29, 1.82) is 0 Å². The number of benzene rings is 1. The van der Waals surface area contributed by atoms with E-state index in [1.807, 2.05) is 62.6 Å². The average Bonchev–Trinajstić information content (AvgIpc) is 3.41. The van der Waals surface area contributed by atoms with Crippen LogP contribution in [0.15, 0.2) is 73.2 Å². The van der Waals surface area contributed by atoms with Gasteiger partial charge in [0.2, 0.25) is 5.91 Å². The minimum Gasteiger partial charge on any atom is -0.351 e. The van der Waals surface area contributed by atoms with Crippen molar-refractivity contribution in [3.63, 3.8) is 0 Å². The van der Waals surface area contributed by atoms with Gasteiger partial charge in [0.1, 0.15) is 0 Å². The van der Waals surface area contributed by atoms with E-state index >= 15 is 0 Å². The maximum absolute atomic E-state index is 12.0. The molecule has 1 aliphatic heterocycles. The Morgan fingerprint density at radius 3 is 2.61 bits per heavy atom. The van der Waals surface area contributed by atoms with Gasteiger partial charge >= 0.3 is 0 Å². The molecule has 1 saturated heterocycles. The second-order valence-corrected chi connectivity index (χ2v) is 10.1. The maximum Gasteiger partial charge on any atom is 0.224 e. The highest BCUT2D eigenvalue weighted by Gasteiger charge is 2.42. The topological polar surface area (TPSA) is 75.1 Å². The first-order chi connectivity index (χ1) is 18.4. The van der Waals surface area contributed by atoms with E-state index in [0.29, 0.717) is 11.5 Å². The van der Waals surface area contributed by atoms with Crippen LogP contribution in [0.3, 0.4) is 0 Å². The molecule has 7 nitrogen and oxygen atoms in total. The number of aryl methyl sites for hydroxylation is 2. The Hall–Kier alpha value is -4.04. The molecule has 1 aliphatic rings. The monoisotopic (exact) mass is 524 g/mol. The van der Waals surface area contributed by atoms with Crippen molar-refractivity contribution < 1.29 is 4.79 Å². The van der Waals surface area contributed by atoms with Gasteiger partial charge in [0, 0.05) is 54.3 Å². The molecule has 2 atom stereocenters. The predicted octanol–water partition coefficient (Wildman–Crippen LogP) is 5.78. The Labute approximate surface area is 228 Å². The molecule has 5 rings (SSSR count). The maximum atomic E-state index is 12.0. The fourth-order valence-corrected chi connectivity index (χ4v) is 5.52. The fourth-order valence-electron chi connectivity index (χ4n) is 5.17. The van der Waals surface area contributed by atoms with Crippen LogP contribution >= 0.6 is 12.2 Å². The van der Waals surface area contributed by atoms with E-state index in [0.717, 1.165) is 34.7 Å². The molecule has 1 amide bonds. The zero-order chi connectivity index (χ0) is 26.8. The number of nitrogens with one attached hydrogen (secondary N) is 2. The lowest BCUT2D eigenvalue weighted by Crippen LogP contribution is -2.29. The number of pyridine rings is 2. The van der Waals surface area contributed by atoms with Gasteiger partial charge in [0.05, 0.1) is 17.8 Å². The second-order valence-electron chi connectivity index (χ2n) is 9.67. The van der Waals surface area contributed by atoms with Gasteiger partial charge in [0.25, 0.3) is 0 Å². The van der Waals surface area contributed by atoms with Crippen LogP contribution in [0, 0.1) is 20.8 Å². The van der Waals surface area contributed by atoms with Crippen LogP contribution < -0.4 is 15.5 Å². The standard InChI is InChI=1S/C30H32N6OS/c1-5-27(37)33-25-12-11-23(15-19(25)2)36-29(28(34-30(36)38)26-10-6-7-14-32-26)24-16-20(3)35(21(24)4)18-22-9-8-13-31-17-22/h6-17,28-29H,5,18H2,1-4H3,(H,33,37)(H,34,38)/t28-,29+/m0/s1. The number of carbonyl (C=O) groups excluding carboxylic acids is 1. The molecule has 2 N–H and O–H groups in total. The smallest absolute Gasteiger partial charge is 0.224 e. The number of rotatable bonds is 7. The largest absolute Gasteiger partial charge is 0.351 e. The highest BCUT2D eigenvalue weighted by atomic mass is 32.1. The van der Waals surface area contributed by atoms with E-state index in [-0.39, 0.29) is 18.0 Å². The van der Waals surface area contributed by atoms with Crippen LogP contribution in [0.4, 0.5) is 11.4 Å². The van der Waals surface area contributed by atoms with Crippen molar-refractivity contribution >= 4 is 34.6 Å². The summed E-state index contributed by atoms with van der Waals surface area (Å²) in [5.74, 6) is -0.00615. The molecule has 0 unspecified atom stereocenters. The SMILES string of the molecule is CCC(=O)Nc1ccc(N2C(=S)N[C@@H](c3ccccn3)[C@H]2c2cc(C)n(Cc3cccnc3)c2C)cc1C. The third kappa shape index (κ3) is 4.91. The van der Waals surface area contributed by atoms with Crippen molar-refractivity contribution in [2.24, 2.45) is 0 Å². The Kier molecular flexibility index (Phi) is 7.24. The molecule has 4 heterocycles. The Morgan fingerprint density at radius 1 is 1.08 bits per heavy atom. The van der Waals surface area contributed by atoms with Crippen LogP contribution in [0.1, 0.15) is 59.2 Å². The normalized spacial score (nSPS) is 16.9. The number of carbonyl (C=O) groups is 1. The van der Waals surface area contributed by atoms with E-state index in [1.165, 1.54) is 17.0 Å². The summed E-state index contributed by atoms with van der Waals surface area (Å²) in [6.07, 6.45) is 5.96. The van der Waals surface area contributed by atoms with Gasteiger partial charge in [-0.2, -0.15) is 0 Å². The summed E-state index contributed by atoms with van der Waals surface area (Å²) in [6, 6.07) is 18.1. The van der Waals surface area contributed by atoms with Gasteiger partial charge in [-0.1, -0.05) is 19.1 Å². The van der Waals surface area contributed by atoms with E-state index in [1.54, 1.807) is 6.20 Å². The Morgan fingerprint density at radius 2 is 1.92 bits per heavy atom. The summed E-state index contributed by atoms with van der Waals surface area (Å²) in [6.45, 7) is 8.91. The van der Waals surface area contributed by atoms with E-state index < -0.39 is 0 Å². The van der Waals surface area contributed by atoms with Gasteiger partial charge in [-0.15, -0.1) is 0 Å². The van der Waals surface area contributed by atoms with Gasteiger partial charge in [-0.25, -0.2) is 0 Å². The molecule has 38 heavy (non-hydrogen) atoms. The summed E-state index contributed by atoms with van der Waals surface area (Å²) in [5, 5.41) is 7.19. The highest BCUT2D eigenvalue weighted by Crippen LogP contribution is 2.44. The quantitative estimate of drug-likeness (QED) is 0.299. The number of amides is 1. The van der Waals surface area contributed by atoms with E-state index in [2.05, 4.69) is 62.1 Å². The lowest BCUT2D eigenvalue weighted by molar-refractivity contribution is -0.115. The Bertz CT molecular complexity index is 1470. The summed E-state index contributed by atoms with van der Waals surface area (Å²) in [5.41, 5.74) is 8.39. The molecule has 0 spiro atoms. The number of aromatic nitrogens is 3. The molecule has 1 fully saturated rings. The third-order valence-corrected chi connectivity index (χ3v) is 7.49. The number of thiocarbonyl (C=S) groups is 1. The average molecular weight is 525 g/mol. The zero-order valence-electron chi connectivity index (χ0n) is 22.1. The highest BCUT2D eigenvalue weighted by molar-refractivity contribution is 7.80. The number of hydrogen-bond donors (Lipinski definition) is 2. The summed E-state index contributed by atoms with van der Waals surface area (Å²) < 4.78 is 2.33. The van der Waals surface area contributed by atoms with Crippen LogP contribution in [-0.2, 0) is 11.3 Å². The molecule has 8 heteroatoms. The molecule has 4 aromatic rings. The van der Waals surface area contributed by atoms with Gasteiger partial charge in [-0.05, 0) is 92.1 Å². The molecule has 0 aliphatic carbocycles. The van der Waals surface area contributed by atoms with Crippen LogP contribution in [-0.4, -0.2) is 25.6 Å². The summed E-state index contributed by atoms with van der Waals surface area (Å²) >= 11 is 5.93. The number of nitrogens with zero attached hydrogens (tertiary/aromatic N) is 4. The summed E-state index contributed by atoms with van der Waals surface area (Å²) in [4.78, 5) is 23.2. The molecule has 0 radical (unpaired) electrons. The van der Waals surface area contributed by atoms with Crippen LogP contribution in [0.2, 0.25) is 0 Å². The molecule has 3 aromatic heterocycles. The first kappa shape index (κ1) is 25.6. The number of hydrogen-bond acceptors (Lipinski definition) is 4. The molecular formula is C30H32N6OS. The number of anilines is 2. The lowest BCUT2D eigenvalue weighted by atomic mass is 9.96. The molecule has 0 saturated carbocycles. The third-order valence-electron chi connectivity index (χ3n) is 7.18. The molecule has 194 valence electrons. The van der Waals surface area contributed by atoms with Crippen molar-refractivity contribution in [2.45, 2.75) is 52.7 Å². The molecule has 0 bridgehead atoms. The van der Waals surface area contributed by atoms with Gasteiger partial charge < -0.3 is 20.1 Å². The van der Waals surface area contributed by atoms with E-state index in [4.69, 9.17) is 12.2 Å². The lowest BCUT2D eigenvalue weighted by Gasteiger charge is -2.29. The minimum atomic E-state index is -0.129. The fraction of sp³-hybridized carbons (Fsp3) is 0.267. The van der Waals surface area contributed by atoms with Crippen molar-refractivity contribution in [3.05, 3.63) is 107 Å². The first-order valence-electron chi connectivity index (χ1n) is 12.8. The van der Waals surface area contributed by atoms with Crippen LogP contribution in [0.5, 0.6) is 0 Å². The summed E-state index contributed by atoms with van der Waals surface area (Å²) in [7, 11) is 0. The van der Waals surface area contributed by atoms with Crippen molar-refractivity contribution in [3.8, 4) is 0 Å². The van der Waals surface area contributed by atoms with E-state index in [9.17, 15) is 4.79 Å². The predicted molar refractivity (Wildman–Crippen MR) is 155 cm³/mol. The first-order valence-corrected chi connectivity index (χ1v) is 13.2. The molecular weight excluding hydrogens is 492 g/mol. The zero-order valence-corrected chi connectivity index (χ0v) is 22.9. The minimum absolute atomic E-state index is 0.00615. The van der Waals surface area contributed by atoms with Crippen molar-refractivity contribution in [2.75, 3.05) is 10.2 Å². The van der Waals surface area contributed by atoms with Crippen molar-refractivity contribution in [1.82, 2.24) is 19.9 Å². The van der Waals surface area contributed by atoms with Crippen LogP contribution in [0.25, 0.3) is 0 Å². The second kappa shape index (κ2) is 10.8. The molecule has 1 aromatic carbocycles. The van der Waals surface area contributed by atoms with Gasteiger partial charge in [-0.3, -0.25) is 14.8 Å².